The lowest BCUT2D eigenvalue weighted by Gasteiger charge is -2.19. The lowest BCUT2D eigenvalue weighted by atomic mass is 10.2. The maximum atomic E-state index is 11.0. The number of carbonyl (C=O) groups is 1. The number of ether oxygens (including phenoxy) is 1. The van der Waals surface area contributed by atoms with Crippen molar-refractivity contribution < 1.29 is 9.53 Å². The van der Waals surface area contributed by atoms with Gasteiger partial charge in [0.15, 0.2) is 0 Å². The zero-order valence-electron chi connectivity index (χ0n) is 8.72. The van der Waals surface area contributed by atoms with Gasteiger partial charge in [0.2, 0.25) is 0 Å². The summed E-state index contributed by atoms with van der Waals surface area (Å²) in [6, 6.07) is 0. The number of nitrogens with two attached hydrogens (primary N) is 1. The number of carbonyl (C=O) groups excluding carboxylic acids is 1. The van der Waals surface area contributed by atoms with Crippen LogP contribution in [-0.4, -0.2) is 24.8 Å². The molecule has 3 N–H and O–H groups in total. The summed E-state index contributed by atoms with van der Waals surface area (Å²) in [5, 5.41) is 3.01. The zero-order chi connectivity index (χ0) is 10.3. The van der Waals surface area contributed by atoms with Crippen LogP contribution < -0.4 is 11.1 Å². The first kappa shape index (κ1) is 12.4. The van der Waals surface area contributed by atoms with Crippen molar-refractivity contribution in [1.82, 2.24) is 5.32 Å². The molecule has 0 amide bonds. The summed E-state index contributed by atoms with van der Waals surface area (Å²) in [5.41, 5.74) is 5.23. The van der Waals surface area contributed by atoms with Crippen molar-refractivity contribution in [2.24, 2.45) is 5.73 Å². The Labute approximate surface area is 79.8 Å². The van der Waals surface area contributed by atoms with Crippen molar-refractivity contribution in [2.45, 2.75) is 39.3 Å². The van der Waals surface area contributed by atoms with E-state index < -0.39 is 5.66 Å². The average Bonchev–Trinajstić information content (AvgIpc) is 1.98. The van der Waals surface area contributed by atoms with Crippen molar-refractivity contribution >= 4 is 5.97 Å². The summed E-state index contributed by atoms with van der Waals surface area (Å²) in [6.07, 6.45) is 1.24. The molecular formula is C9H20N2O2. The van der Waals surface area contributed by atoms with Crippen molar-refractivity contribution in [3.63, 3.8) is 0 Å². The Kier molecular flexibility index (Phi) is 5.66. The smallest absolute Gasteiger partial charge is 0.307 e. The lowest BCUT2D eigenvalue weighted by molar-refractivity contribution is -0.143. The van der Waals surface area contributed by atoms with Crippen LogP contribution in [0.4, 0.5) is 0 Å². The largest absolute Gasteiger partial charge is 0.466 e. The van der Waals surface area contributed by atoms with Gasteiger partial charge in [0.1, 0.15) is 0 Å². The van der Waals surface area contributed by atoms with Crippen molar-refractivity contribution in [3.8, 4) is 0 Å². The minimum absolute atomic E-state index is 0.168. The number of hydrogen-bond acceptors (Lipinski definition) is 4. The summed E-state index contributed by atoms with van der Waals surface area (Å²) >= 11 is 0. The van der Waals surface area contributed by atoms with Crippen LogP contribution in [0.15, 0.2) is 0 Å². The Morgan fingerprint density at radius 1 is 1.54 bits per heavy atom. The second-order valence-corrected chi connectivity index (χ2v) is 3.62. The molecule has 0 aliphatic heterocycles. The molecule has 0 aromatic carbocycles. The van der Waals surface area contributed by atoms with Crippen LogP contribution in [0, 0.1) is 0 Å². The average molecular weight is 188 g/mol. The van der Waals surface area contributed by atoms with Gasteiger partial charge in [-0.1, -0.05) is 6.92 Å². The van der Waals surface area contributed by atoms with Crippen molar-refractivity contribution in [2.75, 3.05) is 13.2 Å². The van der Waals surface area contributed by atoms with Crippen LogP contribution in [0.1, 0.15) is 33.6 Å². The molecule has 0 radical (unpaired) electrons. The summed E-state index contributed by atoms with van der Waals surface area (Å²) < 4.78 is 4.89. The fraction of sp³-hybridized carbons (Fsp3) is 0.889. The van der Waals surface area contributed by atoms with Gasteiger partial charge in [-0.2, -0.15) is 0 Å². The fourth-order valence-electron chi connectivity index (χ4n) is 0.775. The van der Waals surface area contributed by atoms with Gasteiger partial charge in [-0.05, 0) is 20.3 Å². The molecule has 0 saturated heterocycles. The molecule has 0 atom stereocenters. The lowest BCUT2D eigenvalue weighted by Crippen LogP contribution is -2.48. The summed E-state index contributed by atoms with van der Waals surface area (Å²) in [6.45, 7) is 6.74. The number of rotatable bonds is 6. The third-order valence-corrected chi connectivity index (χ3v) is 1.38. The minimum Gasteiger partial charge on any atom is -0.466 e. The molecule has 4 nitrogen and oxygen atoms in total. The van der Waals surface area contributed by atoms with Crippen LogP contribution in [0.5, 0.6) is 0 Å². The minimum atomic E-state index is -0.426. The molecule has 0 unspecified atom stereocenters. The highest BCUT2D eigenvalue weighted by Crippen LogP contribution is 1.92. The fourth-order valence-corrected chi connectivity index (χ4v) is 0.775. The molecule has 0 rings (SSSR count). The monoisotopic (exact) mass is 188 g/mol. The van der Waals surface area contributed by atoms with Crippen LogP contribution >= 0.6 is 0 Å². The van der Waals surface area contributed by atoms with Crippen molar-refractivity contribution in [1.29, 1.82) is 0 Å². The quantitative estimate of drug-likeness (QED) is 0.473. The molecule has 13 heavy (non-hydrogen) atoms. The number of hydrogen-bond donors (Lipinski definition) is 2. The standard InChI is InChI=1S/C9H20N2O2/c1-4-7-13-8(12)5-6-11-9(2,3)10/h11H,4-7,10H2,1-3H3. The van der Waals surface area contributed by atoms with E-state index in [2.05, 4.69) is 5.32 Å². The zero-order valence-corrected chi connectivity index (χ0v) is 8.72. The van der Waals surface area contributed by atoms with Gasteiger partial charge in [-0.15, -0.1) is 0 Å². The SMILES string of the molecule is CCCOC(=O)CCNC(C)(C)N. The highest BCUT2D eigenvalue weighted by Gasteiger charge is 2.09. The molecule has 0 bridgehead atoms. The molecule has 0 saturated carbocycles. The third kappa shape index (κ3) is 9.30. The molecule has 0 aliphatic carbocycles. The van der Waals surface area contributed by atoms with E-state index in [1.165, 1.54) is 0 Å². The maximum Gasteiger partial charge on any atom is 0.307 e. The normalized spacial score (nSPS) is 11.4. The Morgan fingerprint density at radius 3 is 2.62 bits per heavy atom. The molecule has 0 aromatic rings. The van der Waals surface area contributed by atoms with Gasteiger partial charge in [0.25, 0.3) is 0 Å². The first-order chi connectivity index (χ1) is 5.95. The van der Waals surface area contributed by atoms with Gasteiger partial charge in [0.05, 0.1) is 18.7 Å². The van der Waals surface area contributed by atoms with Gasteiger partial charge >= 0.3 is 5.97 Å². The van der Waals surface area contributed by atoms with E-state index in [1.807, 2.05) is 20.8 Å². The molecule has 4 heteroatoms. The summed E-state index contributed by atoms with van der Waals surface area (Å²) in [5.74, 6) is -0.168. The summed E-state index contributed by atoms with van der Waals surface area (Å²) in [7, 11) is 0. The Hall–Kier alpha value is -0.610. The molecule has 0 aliphatic rings. The Bertz CT molecular complexity index is 152. The van der Waals surface area contributed by atoms with E-state index in [-0.39, 0.29) is 5.97 Å². The van der Waals surface area contributed by atoms with Crippen LogP contribution in [-0.2, 0) is 9.53 Å². The maximum absolute atomic E-state index is 11.0. The predicted octanol–water partition coefficient (Wildman–Crippen LogP) is 0.614. The topological polar surface area (TPSA) is 64.3 Å². The van der Waals surface area contributed by atoms with Gasteiger partial charge in [0, 0.05) is 6.54 Å². The van der Waals surface area contributed by atoms with Gasteiger partial charge in [-0.25, -0.2) is 0 Å². The van der Waals surface area contributed by atoms with Crippen LogP contribution in [0.3, 0.4) is 0 Å². The Morgan fingerprint density at radius 2 is 2.15 bits per heavy atom. The van der Waals surface area contributed by atoms with E-state index in [0.29, 0.717) is 19.6 Å². The Balaban J connectivity index is 3.37. The highest BCUT2D eigenvalue weighted by atomic mass is 16.5. The highest BCUT2D eigenvalue weighted by molar-refractivity contribution is 5.69. The van der Waals surface area contributed by atoms with E-state index in [1.54, 1.807) is 0 Å². The number of esters is 1. The predicted molar refractivity (Wildman–Crippen MR) is 52.1 cm³/mol. The second kappa shape index (κ2) is 5.94. The van der Waals surface area contributed by atoms with E-state index in [0.717, 1.165) is 6.42 Å². The third-order valence-electron chi connectivity index (χ3n) is 1.38. The van der Waals surface area contributed by atoms with E-state index in [9.17, 15) is 4.79 Å². The molecule has 0 spiro atoms. The van der Waals surface area contributed by atoms with E-state index in [4.69, 9.17) is 10.5 Å². The number of nitrogens with one attached hydrogen (secondary N) is 1. The van der Waals surface area contributed by atoms with Crippen LogP contribution in [0.25, 0.3) is 0 Å². The molecule has 0 fully saturated rings. The van der Waals surface area contributed by atoms with E-state index >= 15 is 0 Å². The second-order valence-electron chi connectivity index (χ2n) is 3.62. The molecular weight excluding hydrogens is 168 g/mol. The first-order valence-corrected chi connectivity index (χ1v) is 4.65. The van der Waals surface area contributed by atoms with Crippen LogP contribution in [0.2, 0.25) is 0 Å². The van der Waals surface area contributed by atoms with Gasteiger partial charge in [-0.3, -0.25) is 10.1 Å². The van der Waals surface area contributed by atoms with Crippen molar-refractivity contribution in [3.05, 3.63) is 0 Å². The molecule has 78 valence electrons. The molecule has 0 aromatic heterocycles. The molecule has 0 heterocycles. The summed E-state index contributed by atoms with van der Waals surface area (Å²) in [4.78, 5) is 11.0. The van der Waals surface area contributed by atoms with Gasteiger partial charge < -0.3 is 10.5 Å². The first-order valence-electron chi connectivity index (χ1n) is 4.65.